The fourth-order valence-electron chi connectivity index (χ4n) is 3.25. The van der Waals surface area contributed by atoms with Gasteiger partial charge in [0.2, 0.25) is 0 Å². The van der Waals surface area contributed by atoms with Crippen LogP contribution in [0.4, 0.5) is 0 Å². The van der Waals surface area contributed by atoms with Gasteiger partial charge in [-0.2, -0.15) is 0 Å². The molecule has 0 aliphatic heterocycles. The van der Waals surface area contributed by atoms with Crippen LogP contribution in [0, 0.1) is 11.8 Å². The lowest BCUT2D eigenvalue weighted by Gasteiger charge is -2.34. The quantitative estimate of drug-likeness (QED) is 0.641. The molecule has 0 aromatic carbocycles. The van der Waals surface area contributed by atoms with Gasteiger partial charge in [0.25, 0.3) is 0 Å². The summed E-state index contributed by atoms with van der Waals surface area (Å²) in [5, 5.41) is 3.52. The molecule has 100 valence electrons. The molecule has 1 aliphatic carbocycles. The summed E-state index contributed by atoms with van der Waals surface area (Å²) in [5.41, 5.74) is 1.40. The first-order valence-electron chi connectivity index (χ1n) is 7.55. The Morgan fingerprint density at radius 2 is 1.88 bits per heavy atom. The first-order valence-corrected chi connectivity index (χ1v) is 7.55. The molecule has 1 rings (SSSR count). The van der Waals surface area contributed by atoms with Crippen LogP contribution >= 0.6 is 0 Å². The minimum absolute atomic E-state index is 0.671. The molecule has 1 N–H and O–H groups in total. The molecule has 1 atom stereocenters. The van der Waals surface area contributed by atoms with Crippen LogP contribution in [-0.4, -0.2) is 13.1 Å². The molecule has 0 aromatic rings. The van der Waals surface area contributed by atoms with Gasteiger partial charge < -0.3 is 5.32 Å². The van der Waals surface area contributed by atoms with Crippen molar-refractivity contribution >= 4 is 0 Å². The molecule has 0 aromatic heterocycles. The van der Waals surface area contributed by atoms with E-state index in [1.807, 2.05) is 0 Å². The van der Waals surface area contributed by atoms with E-state index in [0.717, 1.165) is 18.3 Å². The molecular formula is C16H31N. The van der Waals surface area contributed by atoms with E-state index < -0.39 is 0 Å². The van der Waals surface area contributed by atoms with E-state index in [4.69, 9.17) is 0 Å². The highest BCUT2D eigenvalue weighted by atomic mass is 14.9. The third kappa shape index (κ3) is 4.83. The molecule has 1 nitrogen and oxygen atoms in total. The first kappa shape index (κ1) is 14.8. The van der Waals surface area contributed by atoms with E-state index in [1.165, 1.54) is 50.5 Å². The Hall–Kier alpha value is -0.300. The van der Waals surface area contributed by atoms with Crippen molar-refractivity contribution in [3.63, 3.8) is 0 Å². The topological polar surface area (TPSA) is 12.0 Å². The SMILES string of the molecule is C=C(CC)CC(NC)C1CCC(CCC)CC1. The Morgan fingerprint density at radius 3 is 2.35 bits per heavy atom. The zero-order valence-electron chi connectivity index (χ0n) is 12.1. The van der Waals surface area contributed by atoms with Crippen molar-refractivity contribution in [2.75, 3.05) is 7.05 Å². The number of nitrogens with one attached hydrogen (secondary N) is 1. The minimum Gasteiger partial charge on any atom is -0.316 e. The molecule has 1 saturated carbocycles. The predicted molar refractivity (Wildman–Crippen MR) is 77.3 cm³/mol. The zero-order chi connectivity index (χ0) is 12.7. The van der Waals surface area contributed by atoms with Crippen LogP contribution in [0.15, 0.2) is 12.2 Å². The van der Waals surface area contributed by atoms with Crippen LogP contribution in [0.25, 0.3) is 0 Å². The van der Waals surface area contributed by atoms with Crippen LogP contribution in [0.2, 0.25) is 0 Å². The molecule has 1 heteroatoms. The predicted octanol–water partition coefficient (Wildman–Crippen LogP) is 4.54. The summed E-state index contributed by atoms with van der Waals surface area (Å²) < 4.78 is 0. The van der Waals surface area contributed by atoms with E-state index >= 15 is 0 Å². The molecule has 0 saturated heterocycles. The smallest absolute Gasteiger partial charge is 0.0129 e. The average Bonchev–Trinajstić information content (AvgIpc) is 2.37. The van der Waals surface area contributed by atoms with Gasteiger partial charge in [0.1, 0.15) is 0 Å². The van der Waals surface area contributed by atoms with Gasteiger partial charge in [0.05, 0.1) is 0 Å². The molecule has 0 radical (unpaired) electrons. The van der Waals surface area contributed by atoms with Crippen molar-refractivity contribution in [1.82, 2.24) is 5.32 Å². The summed E-state index contributed by atoms with van der Waals surface area (Å²) in [7, 11) is 2.12. The molecule has 1 aliphatic rings. The lowest BCUT2D eigenvalue weighted by atomic mass is 9.76. The molecule has 0 spiro atoms. The molecular weight excluding hydrogens is 206 g/mol. The average molecular weight is 237 g/mol. The highest BCUT2D eigenvalue weighted by Crippen LogP contribution is 2.34. The maximum Gasteiger partial charge on any atom is 0.0129 e. The Morgan fingerprint density at radius 1 is 1.24 bits per heavy atom. The van der Waals surface area contributed by atoms with Crippen LogP contribution in [-0.2, 0) is 0 Å². The monoisotopic (exact) mass is 237 g/mol. The second-order valence-electron chi connectivity index (χ2n) is 5.77. The van der Waals surface area contributed by atoms with Gasteiger partial charge in [-0.05, 0) is 44.6 Å². The molecule has 0 amide bonds. The van der Waals surface area contributed by atoms with Gasteiger partial charge in [0.15, 0.2) is 0 Å². The van der Waals surface area contributed by atoms with Gasteiger partial charge >= 0.3 is 0 Å². The second kappa shape index (κ2) is 7.92. The Labute approximate surface area is 108 Å². The molecule has 17 heavy (non-hydrogen) atoms. The van der Waals surface area contributed by atoms with Crippen LogP contribution in [0.3, 0.4) is 0 Å². The van der Waals surface area contributed by atoms with Crippen LogP contribution in [0.5, 0.6) is 0 Å². The summed E-state index contributed by atoms with van der Waals surface area (Å²) in [6, 6.07) is 0.671. The summed E-state index contributed by atoms with van der Waals surface area (Å²) >= 11 is 0. The molecule has 1 fully saturated rings. The Bertz CT molecular complexity index is 214. The van der Waals surface area contributed by atoms with Crippen LogP contribution in [0.1, 0.15) is 65.2 Å². The summed E-state index contributed by atoms with van der Waals surface area (Å²) in [4.78, 5) is 0. The third-order valence-corrected chi connectivity index (χ3v) is 4.54. The van der Waals surface area contributed by atoms with Crippen molar-refractivity contribution in [1.29, 1.82) is 0 Å². The van der Waals surface area contributed by atoms with Gasteiger partial charge in [-0.3, -0.25) is 0 Å². The summed E-state index contributed by atoms with van der Waals surface area (Å²) in [6.07, 6.45) is 10.9. The number of hydrogen-bond acceptors (Lipinski definition) is 1. The third-order valence-electron chi connectivity index (χ3n) is 4.54. The van der Waals surface area contributed by atoms with Crippen LogP contribution < -0.4 is 5.32 Å². The second-order valence-corrected chi connectivity index (χ2v) is 5.77. The number of rotatable bonds is 7. The van der Waals surface area contributed by atoms with E-state index in [1.54, 1.807) is 0 Å². The van der Waals surface area contributed by atoms with Crippen molar-refractivity contribution in [2.45, 2.75) is 71.3 Å². The Kier molecular flexibility index (Phi) is 6.87. The summed E-state index contributed by atoms with van der Waals surface area (Å²) in [5.74, 6) is 1.90. The van der Waals surface area contributed by atoms with E-state index in [-0.39, 0.29) is 0 Å². The van der Waals surface area contributed by atoms with Crippen molar-refractivity contribution in [3.05, 3.63) is 12.2 Å². The Balaban J connectivity index is 2.36. The molecule has 0 heterocycles. The minimum atomic E-state index is 0.671. The fourth-order valence-corrected chi connectivity index (χ4v) is 3.25. The lowest BCUT2D eigenvalue weighted by Crippen LogP contribution is -2.36. The van der Waals surface area contributed by atoms with Gasteiger partial charge in [-0.25, -0.2) is 0 Å². The van der Waals surface area contributed by atoms with Crippen molar-refractivity contribution in [2.24, 2.45) is 11.8 Å². The van der Waals surface area contributed by atoms with Gasteiger partial charge in [0, 0.05) is 6.04 Å². The number of hydrogen-bond donors (Lipinski definition) is 1. The van der Waals surface area contributed by atoms with E-state index in [9.17, 15) is 0 Å². The van der Waals surface area contributed by atoms with E-state index in [0.29, 0.717) is 6.04 Å². The summed E-state index contributed by atoms with van der Waals surface area (Å²) in [6.45, 7) is 8.69. The maximum absolute atomic E-state index is 4.16. The fraction of sp³-hybridized carbons (Fsp3) is 0.875. The molecule has 0 bridgehead atoms. The van der Waals surface area contributed by atoms with E-state index in [2.05, 4.69) is 32.8 Å². The molecule has 1 unspecified atom stereocenters. The largest absolute Gasteiger partial charge is 0.316 e. The highest BCUT2D eigenvalue weighted by Gasteiger charge is 2.26. The van der Waals surface area contributed by atoms with Gasteiger partial charge in [-0.15, -0.1) is 0 Å². The standard InChI is InChI=1S/C16H31N/c1-5-7-14-8-10-15(11-9-14)16(17-4)12-13(3)6-2/h14-17H,3,5-12H2,1-2,4H3. The van der Waals surface area contributed by atoms with Gasteiger partial charge in [-0.1, -0.05) is 51.7 Å². The van der Waals surface area contributed by atoms with Crippen molar-refractivity contribution in [3.8, 4) is 0 Å². The zero-order valence-corrected chi connectivity index (χ0v) is 12.1. The first-order chi connectivity index (χ1) is 8.21. The van der Waals surface area contributed by atoms with Crippen molar-refractivity contribution < 1.29 is 0 Å². The maximum atomic E-state index is 4.16. The highest BCUT2D eigenvalue weighted by molar-refractivity contribution is 4.98. The normalized spacial score (nSPS) is 26.8. The lowest BCUT2D eigenvalue weighted by molar-refractivity contribution is 0.217.